The number of halogens is 1. The van der Waals surface area contributed by atoms with Gasteiger partial charge in [0.25, 0.3) is 0 Å². The molecule has 2 aliphatic carbocycles. The van der Waals surface area contributed by atoms with E-state index >= 15 is 0 Å². The van der Waals surface area contributed by atoms with Gasteiger partial charge in [-0.3, -0.25) is 14.6 Å². The van der Waals surface area contributed by atoms with E-state index in [4.69, 9.17) is 26.1 Å². The standard InChI is InChI=1S/C31H30ClNO4/c1-19-28(31(35)36-2)29(22-10-14-25(15-11-22)37-18-20-6-4-3-5-7-20)30-26(33-19)16-23(17-27(30)34)21-8-12-24(32)13-9-21/h3-4,6,8-15,23,28-29H,5,7,16-18H2,1-2H3. The van der Waals surface area contributed by atoms with Gasteiger partial charge in [0.05, 0.1) is 7.11 Å². The molecule has 3 atom stereocenters. The minimum absolute atomic E-state index is 0.0222. The Kier molecular flexibility index (Phi) is 7.43. The summed E-state index contributed by atoms with van der Waals surface area (Å²) >= 11 is 6.07. The number of carbonyl (C=O) groups excluding carboxylic acids is 2. The molecule has 0 amide bonds. The van der Waals surface area contributed by atoms with Gasteiger partial charge >= 0.3 is 5.97 Å². The second-order valence-electron chi connectivity index (χ2n) is 9.82. The average Bonchev–Trinajstić information content (AvgIpc) is 2.92. The third-order valence-electron chi connectivity index (χ3n) is 7.45. The van der Waals surface area contributed by atoms with E-state index in [0.717, 1.165) is 35.4 Å². The molecule has 3 aliphatic rings. The Morgan fingerprint density at radius 1 is 1.05 bits per heavy atom. The van der Waals surface area contributed by atoms with E-state index in [0.29, 0.717) is 35.8 Å². The number of esters is 1. The number of hydrogen-bond acceptors (Lipinski definition) is 5. The molecule has 2 aromatic rings. The maximum absolute atomic E-state index is 13.6. The van der Waals surface area contributed by atoms with Crippen LogP contribution in [0.3, 0.4) is 0 Å². The van der Waals surface area contributed by atoms with Crippen LogP contribution in [0.5, 0.6) is 5.75 Å². The molecule has 190 valence electrons. The molecular weight excluding hydrogens is 486 g/mol. The first-order valence-electron chi connectivity index (χ1n) is 12.7. The lowest BCUT2D eigenvalue weighted by molar-refractivity contribution is -0.143. The lowest BCUT2D eigenvalue weighted by atomic mass is 9.69. The quantitative estimate of drug-likeness (QED) is 0.399. The normalized spacial score (nSPS) is 23.2. The number of methoxy groups -OCH3 is 1. The monoisotopic (exact) mass is 515 g/mol. The summed E-state index contributed by atoms with van der Waals surface area (Å²) in [7, 11) is 1.38. The highest BCUT2D eigenvalue weighted by Gasteiger charge is 2.44. The van der Waals surface area contributed by atoms with Crippen molar-refractivity contribution < 1.29 is 19.1 Å². The SMILES string of the molecule is COC(=O)C1C(C)=NC2=C(C(=O)CC(c3ccc(Cl)cc3)C2)C1c1ccc(OCC2=CC=CCC2)cc1. The Bertz CT molecular complexity index is 1320. The summed E-state index contributed by atoms with van der Waals surface area (Å²) in [4.78, 5) is 31.3. The fourth-order valence-electron chi connectivity index (χ4n) is 5.54. The van der Waals surface area contributed by atoms with Gasteiger partial charge in [-0.2, -0.15) is 0 Å². The van der Waals surface area contributed by atoms with Gasteiger partial charge in [0.1, 0.15) is 18.3 Å². The van der Waals surface area contributed by atoms with E-state index < -0.39 is 11.8 Å². The number of ether oxygens (including phenoxy) is 2. The van der Waals surface area contributed by atoms with Crippen LogP contribution in [0.15, 0.2) is 88.6 Å². The molecule has 1 aliphatic heterocycles. The topological polar surface area (TPSA) is 65.0 Å². The molecule has 6 heteroatoms. The molecule has 0 radical (unpaired) electrons. The number of ketones is 1. The van der Waals surface area contributed by atoms with Crippen molar-refractivity contribution in [1.82, 2.24) is 0 Å². The summed E-state index contributed by atoms with van der Waals surface area (Å²) in [6, 6.07) is 15.4. The van der Waals surface area contributed by atoms with Crippen molar-refractivity contribution in [2.24, 2.45) is 10.9 Å². The molecular formula is C31H30ClNO4. The van der Waals surface area contributed by atoms with Crippen LogP contribution >= 0.6 is 11.6 Å². The molecule has 0 N–H and O–H groups in total. The number of rotatable bonds is 6. The Labute approximate surface area is 222 Å². The van der Waals surface area contributed by atoms with Crippen LogP contribution in [0.2, 0.25) is 5.02 Å². The zero-order valence-corrected chi connectivity index (χ0v) is 21.8. The van der Waals surface area contributed by atoms with Crippen LogP contribution in [0.4, 0.5) is 0 Å². The van der Waals surface area contributed by atoms with Gasteiger partial charge in [0, 0.05) is 34.3 Å². The van der Waals surface area contributed by atoms with E-state index in [2.05, 4.69) is 18.2 Å². The van der Waals surface area contributed by atoms with Crippen LogP contribution < -0.4 is 4.74 Å². The lowest BCUT2D eigenvalue weighted by Crippen LogP contribution is -2.37. The highest BCUT2D eigenvalue weighted by atomic mass is 35.5. The number of Topliss-reactive ketones (excluding diaryl/α,β-unsaturated/α-hetero) is 1. The van der Waals surface area contributed by atoms with Crippen LogP contribution in [0.1, 0.15) is 55.6 Å². The molecule has 2 aromatic carbocycles. The van der Waals surface area contributed by atoms with Crippen molar-refractivity contribution in [3.63, 3.8) is 0 Å². The minimum atomic E-state index is -0.647. The fourth-order valence-corrected chi connectivity index (χ4v) is 5.67. The summed E-state index contributed by atoms with van der Waals surface area (Å²) in [5, 5.41) is 0.665. The zero-order valence-electron chi connectivity index (χ0n) is 21.1. The lowest BCUT2D eigenvalue weighted by Gasteiger charge is -2.36. The molecule has 5 nitrogen and oxygen atoms in total. The van der Waals surface area contributed by atoms with E-state index in [9.17, 15) is 9.59 Å². The van der Waals surface area contributed by atoms with Gasteiger partial charge < -0.3 is 9.47 Å². The van der Waals surface area contributed by atoms with Gasteiger partial charge in [-0.15, -0.1) is 0 Å². The number of benzene rings is 2. The van der Waals surface area contributed by atoms with E-state index in [1.54, 1.807) is 0 Å². The second kappa shape index (κ2) is 10.9. The van der Waals surface area contributed by atoms with Crippen molar-refractivity contribution in [2.75, 3.05) is 13.7 Å². The van der Waals surface area contributed by atoms with Crippen LogP contribution in [0.25, 0.3) is 0 Å². The molecule has 37 heavy (non-hydrogen) atoms. The van der Waals surface area contributed by atoms with Crippen molar-refractivity contribution >= 4 is 29.1 Å². The first-order valence-corrected chi connectivity index (χ1v) is 13.0. The molecule has 0 saturated carbocycles. The maximum Gasteiger partial charge on any atom is 0.315 e. The smallest absolute Gasteiger partial charge is 0.315 e. The predicted molar refractivity (Wildman–Crippen MR) is 145 cm³/mol. The Morgan fingerprint density at radius 2 is 1.78 bits per heavy atom. The van der Waals surface area contributed by atoms with Gasteiger partial charge in [-0.25, -0.2) is 0 Å². The van der Waals surface area contributed by atoms with E-state index in [1.807, 2.05) is 55.5 Å². The van der Waals surface area contributed by atoms with Gasteiger partial charge in [0.2, 0.25) is 0 Å². The molecule has 5 rings (SSSR count). The number of aliphatic imine (C=N–C) groups is 1. The third-order valence-corrected chi connectivity index (χ3v) is 7.70. The van der Waals surface area contributed by atoms with Gasteiger partial charge in [-0.05, 0) is 73.1 Å². The van der Waals surface area contributed by atoms with Crippen LogP contribution in [-0.4, -0.2) is 31.2 Å². The fraction of sp³-hybridized carbons (Fsp3) is 0.323. The predicted octanol–water partition coefficient (Wildman–Crippen LogP) is 6.74. The van der Waals surface area contributed by atoms with Crippen molar-refractivity contribution in [3.05, 3.63) is 99.8 Å². The van der Waals surface area contributed by atoms with Crippen LogP contribution in [0, 0.1) is 5.92 Å². The summed E-state index contributed by atoms with van der Waals surface area (Å²) in [5.41, 5.74) is 5.25. The number of allylic oxidation sites excluding steroid dienone is 5. The third kappa shape index (κ3) is 5.33. The molecule has 0 fully saturated rings. The highest BCUT2D eigenvalue weighted by Crippen LogP contribution is 2.47. The Morgan fingerprint density at radius 3 is 2.46 bits per heavy atom. The summed E-state index contributed by atoms with van der Waals surface area (Å²) < 4.78 is 11.2. The maximum atomic E-state index is 13.6. The Hall–Kier alpha value is -3.44. The van der Waals surface area contributed by atoms with Crippen molar-refractivity contribution in [1.29, 1.82) is 0 Å². The highest BCUT2D eigenvalue weighted by molar-refractivity contribution is 6.30. The summed E-state index contributed by atoms with van der Waals surface area (Å²) in [5.74, 6) is -0.682. The molecule has 0 bridgehead atoms. The summed E-state index contributed by atoms with van der Waals surface area (Å²) in [6.45, 7) is 2.39. The van der Waals surface area contributed by atoms with Crippen molar-refractivity contribution in [3.8, 4) is 5.75 Å². The number of nitrogens with zero attached hydrogens (tertiary/aromatic N) is 1. The van der Waals surface area contributed by atoms with Gasteiger partial charge in [-0.1, -0.05) is 54.1 Å². The van der Waals surface area contributed by atoms with Crippen LogP contribution in [-0.2, 0) is 14.3 Å². The number of hydrogen-bond donors (Lipinski definition) is 0. The second-order valence-corrected chi connectivity index (χ2v) is 10.3. The first kappa shape index (κ1) is 25.2. The van der Waals surface area contributed by atoms with Crippen molar-refractivity contribution in [2.45, 2.75) is 44.4 Å². The minimum Gasteiger partial charge on any atom is -0.489 e. The Balaban J connectivity index is 1.45. The largest absolute Gasteiger partial charge is 0.489 e. The van der Waals surface area contributed by atoms with E-state index in [1.165, 1.54) is 12.7 Å². The molecule has 3 unspecified atom stereocenters. The molecule has 0 aromatic heterocycles. The van der Waals surface area contributed by atoms with E-state index in [-0.39, 0.29) is 17.7 Å². The first-order chi connectivity index (χ1) is 17.9. The summed E-state index contributed by atoms with van der Waals surface area (Å²) in [6.07, 6.45) is 9.36. The number of carbonyl (C=O) groups is 2. The molecule has 0 spiro atoms. The zero-order chi connectivity index (χ0) is 25.9. The van der Waals surface area contributed by atoms with Gasteiger partial charge in [0.15, 0.2) is 5.78 Å². The molecule has 0 saturated heterocycles. The average molecular weight is 516 g/mol. The molecule has 1 heterocycles.